The fourth-order valence-electron chi connectivity index (χ4n) is 4.66. The third-order valence-corrected chi connectivity index (χ3v) is 6.03. The van der Waals surface area contributed by atoms with E-state index in [4.69, 9.17) is 4.42 Å². The number of hydrogen-bond acceptors (Lipinski definition) is 6. The number of aromatic nitrogens is 1. The highest BCUT2D eigenvalue weighted by atomic mass is 16.4. The number of amides is 2. The molecule has 3 N–H and O–H groups in total. The minimum absolute atomic E-state index is 0.170. The zero-order valence-electron chi connectivity index (χ0n) is 18.9. The Morgan fingerprint density at radius 1 is 1.15 bits per heavy atom. The van der Waals surface area contributed by atoms with E-state index in [9.17, 15) is 24.3 Å². The number of carboxylic acids is 1. The first-order valence-electron chi connectivity index (χ1n) is 11.0. The third kappa shape index (κ3) is 4.58. The van der Waals surface area contributed by atoms with E-state index in [0.717, 1.165) is 5.56 Å². The van der Waals surface area contributed by atoms with Crippen LogP contribution >= 0.6 is 0 Å². The van der Waals surface area contributed by atoms with Crippen molar-refractivity contribution in [3.8, 4) is 0 Å². The Hall–Kier alpha value is -3.92. The van der Waals surface area contributed by atoms with Gasteiger partial charge in [0, 0.05) is 25.2 Å². The maximum atomic E-state index is 13.0. The largest absolute Gasteiger partial charge is 0.480 e. The van der Waals surface area contributed by atoms with Gasteiger partial charge in [0.2, 0.25) is 11.8 Å². The van der Waals surface area contributed by atoms with Crippen molar-refractivity contribution in [2.45, 2.75) is 44.9 Å². The van der Waals surface area contributed by atoms with Crippen molar-refractivity contribution in [2.75, 3.05) is 11.9 Å². The predicted molar refractivity (Wildman–Crippen MR) is 124 cm³/mol. The summed E-state index contributed by atoms with van der Waals surface area (Å²) in [4.78, 5) is 50.3. The highest BCUT2D eigenvalue weighted by Gasteiger charge is 2.46. The monoisotopic (exact) mass is 466 g/mol. The Morgan fingerprint density at radius 3 is 2.53 bits per heavy atom. The molecule has 34 heavy (non-hydrogen) atoms. The molecule has 3 aromatic rings. The van der Waals surface area contributed by atoms with Crippen LogP contribution in [0.15, 0.2) is 57.7 Å². The summed E-state index contributed by atoms with van der Waals surface area (Å²) in [7, 11) is 0. The van der Waals surface area contributed by atoms with E-state index in [1.165, 1.54) is 11.5 Å². The first-order valence-corrected chi connectivity index (χ1v) is 11.0. The van der Waals surface area contributed by atoms with Crippen molar-refractivity contribution in [1.29, 1.82) is 0 Å². The second kappa shape index (κ2) is 9.52. The molecular weight excluding hydrogens is 440 g/mol. The highest BCUT2D eigenvalue weighted by Crippen LogP contribution is 2.36. The number of fused-ring (bicyclic) bond motifs is 1. The van der Waals surface area contributed by atoms with Crippen LogP contribution in [-0.2, 0) is 20.9 Å². The van der Waals surface area contributed by atoms with Crippen molar-refractivity contribution >= 4 is 34.6 Å². The molecular formula is C24H26N4O6. The Labute approximate surface area is 195 Å². The normalized spacial score (nSPS) is 20.4. The number of hydrogen-bond donors (Lipinski definition) is 3. The molecule has 1 aliphatic heterocycles. The van der Waals surface area contributed by atoms with Crippen molar-refractivity contribution in [3.05, 3.63) is 64.6 Å². The molecule has 0 aliphatic carbocycles. The van der Waals surface area contributed by atoms with Crippen molar-refractivity contribution in [3.63, 3.8) is 0 Å². The number of carbonyl (C=O) groups excluding carboxylic acids is 2. The molecule has 10 heteroatoms. The lowest BCUT2D eigenvalue weighted by atomic mass is 9.99. The lowest BCUT2D eigenvalue weighted by Gasteiger charge is -2.30. The number of carboxylic acid groups (broad SMARTS) is 1. The van der Waals surface area contributed by atoms with Gasteiger partial charge in [-0.05, 0) is 31.0 Å². The number of nitrogens with zero attached hydrogens (tertiary/aromatic N) is 2. The van der Waals surface area contributed by atoms with Crippen LogP contribution in [0, 0.1) is 0 Å². The number of carbonyl (C=O) groups is 3. The molecule has 4 rings (SSSR count). The van der Waals surface area contributed by atoms with E-state index in [-0.39, 0.29) is 18.9 Å². The summed E-state index contributed by atoms with van der Waals surface area (Å²) in [5, 5.41) is 15.4. The summed E-state index contributed by atoms with van der Waals surface area (Å²) >= 11 is 0. The molecule has 178 valence electrons. The van der Waals surface area contributed by atoms with E-state index in [0.29, 0.717) is 23.3 Å². The molecule has 0 unspecified atom stereocenters. The standard InChI is InChI=1S/C24H26N4O6/c1-3-27-18-10-9-16(11-20(18)34-24(27)33)26-21(30)13-28-19(23(31)32)12-17(25-14(2)29)22(28)15-7-5-4-6-8-15/h4-11,17,19,22H,3,12-13H2,1-2H3,(H,25,29)(H,26,30)(H,31,32)/t17-,19-,22-/m0/s1. The van der Waals surface area contributed by atoms with Crippen LogP contribution in [0.2, 0.25) is 0 Å². The van der Waals surface area contributed by atoms with E-state index in [1.807, 2.05) is 37.3 Å². The number of aryl methyl sites for hydroxylation is 1. The summed E-state index contributed by atoms with van der Waals surface area (Å²) < 4.78 is 6.73. The summed E-state index contributed by atoms with van der Waals surface area (Å²) in [6, 6.07) is 12.2. The molecule has 0 spiro atoms. The molecule has 10 nitrogen and oxygen atoms in total. The van der Waals surface area contributed by atoms with Crippen LogP contribution in [0.5, 0.6) is 0 Å². The smallest absolute Gasteiger partial charge is 0.419 e. The number of nitrogens with one attached hydrogen (secondary N) is 2. The van der Waals surface area contributed by atoms with Crippen LogP contribution in [0.25, 0.3) is 11.1 Å². The van der Waals surface area contributed by atoms with Crippen molar-refractivity contribution in [1.82, 2.24) is 14.8 Å². The molecule has 1 aliphatic rings. The van der Waals surface area contributed by atoms with Gasteiger partial charge in [-0.25, -0.2) is 4.79 Å². The molecule has 0 radical (unpaired) electrons. The number of anilines is 1. The Kier molecular flexibility index (Phi) is 6.51. The predicted octanol–water partition coefficient (Wildman–Crippen LogP) is 1.96. The fourth-order valence-corrected chi connectivity index (χ4v) is 4.66. The number of aliphatic carboxylic acids is 1. The van der Waals surface area contributed by atoms with Gasteiger partial charge >= 0.3 is 11.7 Å². The van der Waals surface area contributed by atoms with E-state index in [1.54, 1.807) is 23.1 Å². The van der Waals surface area contributed by atoms with E-state index < -0.39 is 35.8 Å². The minimum Gasteiger partial charge on any atom is -0.480 e. The average Bonchev–Trinajstić information content (AvgIpc) is 3.29. The second-order valence-corrected chi connectivity index (χ2v) is 8.27. The average molecular weight is 466 g/mol. The summed E-state index contributed by atoms with van der Waals surface area (Å²) in [5.41, 5.74) is 2.21. The molecule has 1 fully saturated rings. The molecule has 3 atom stereocenters. The Bertz CT molecular complexity index is 1280. The number of oxazole rings is 1. The van der Waals surface area contributed by atoms with Crippen molar-refractivity contribution in [2.24, 2.45) is 0 Å². The number of likely N-dealkylation sites (tertiary alicyclic amines) is 1. The first kappa shape index (κ1) is 23.2. The maximum Gasteiger partial charge on any atom is 0.419 e. The minimum atomic E-state index is -1.06. The Balaban J connectivity index is 1.59. The van der Waals surface area contributed by atoms with Gasteiger partial charge in [-0.2, -0.15) is 0 Å². The first-order chi connectivity index (χ1) is 16.3. The number of rotatable bonds is 7. The zero-order chi connectivity index (χ0) is 24.4. The van der Waals surface area contributed by atoms with Gasteiger partial charge in [0.25, 0.3) is 0 Å². The number of benzene rings is 2. The zero-order valence-corrected chi connectivity index (χ0v) is 18.9. The quantitative estimate of drug-likeness (QED) is 0.485. The van der Waals surface area contributed by atoms with Gasteiger partial charge < -0.3 is 20.2 Å². The molecule has 1 saturated heterocycles. The summed E-state index contributed by atoms with van der Waals surface area (Å²) in [5.74, 6) is -2.23. The maximum absolute atomic E-state index is 13.0. The van der Waals surface area contributed by atoms with Gasteiger partial charge in [-0.15, -0.1) is 0 Å². The SMILES string of the molecule is CCn1c(=O)oc2cc(NC(=O)CN3[C@H](C(=O)O)C[C@H](NC(C)=O)[C@@H]3c3ccccc3)ccc21. The lowest BCUT2D eigenvalue weighted by molar-refractivity contribution is -0.143. The van der Waals surface area contributed by atoms with Crippen LogP contribution < -0.4 is 16.4 Å². The molecule has 2 heterocycles. The topological polar surface area (TPSA) is 134 Å². The molecule has 0 saturated carbocycles. The van der Waals surface area contributed by atoms with Crippen molar-refractivity contribution < 1.29 is 23.9 Å². The van der Waals surface area contributed by atoms with Crippen LogP contribution in [0.3, 0.4) is 0 Å². The van der Waals surface area contributed by atoms with Gasteiger partial charge in [0.05, 0.1) is 24.1 Å². The van der Waals surface area contributed by atoms with Crippen LogP contribution in [0.4, 0.5) is 5.69 Å². The van der Waals surface area contributed by atoms with Gasteiger partial charge in [-0.1, -0.05) is 30.3 Å². The van der Waals surface area contributed by atoms with E-state index in [2.05, 4.69) is 10.6 Å². The third-order valence-electron chi connectivity index (χ3n) is 6.03. The fraction of sp³-hybridized carbons (Fsp3) is 0.333. The van der Waals surface area contributed by atoms with Gasteiger partial charge in [0.15, 0.2) is 5.58 Å². The highest BCUT2D eigenvalue weighted by molar-refractivity contribution is 5.94. The van der Waals surface area contributed by atoms with Gasteiger partial charge in [-0.3, -0.25) is 23.9 Å². The van der Waals surface area contributed by atoms with E-state index >= 15 is 0 Å². The van der Waals surface area contributed by atoms with Crippen LogP contribution in [-0.4, -0.2) is 51.0 Å². The lowest BCUT2D eigenvalue weighted by Crippen LogP contribution is -2.44. The summed E-state index contributed by atoms with van der Waals surface area (Å²) in [6.45, 7) is 3.47. The molecule has 0 bridgehead atoms. The van der Waals surface area contributed by atoms with Crippen LogP contribution in [0.1, 0.15) is 31.9 Å². The molecule has 2 amide bonds. The molecule has 1 aromatic heterocycles. The summed E-state index contributed by atoms with van der Waals surface area (Å²) in [6.07, 6.45) is 0.170. The Morgan fingerprint density at radius 2 is 1.88 bits per heavy atom. The second-order valence-electron chi connectivity index (χ2n) is 8.27. The van der Waals surface area contributed by atoms with Gasteiger partial charge in [0.1, 0.15) is 6.04 Å². The molecule has 2 aromatic carbocycles.